The summed E-state index contributed by atoms with van der Waals surface area (Å²) in [4.78, 5) is 20.7. The van der Waals surface area contributed by atoms with Gasteiger partial charge in [-0.25, -0.2) is 18.4 Å². The van der Waals surface area contributed by atoms with E-state index in [0.29, 0.717) is 17.3 Å². The van der Waals surface area contributed by atoms with Gasteiger partial charge < -0.3 is 10.6 Å². The van der Waals surface area contributed by atoms with Crippen molar-refractivity contribution in [3.05, 3.63) is 71.5 Å². The van der Waals surface area contributed by atoms with E-state index in [1.807, 2.05) is 30.4 Å². The maximum Gasteiger partial charge on any atom is 0.228 e. The summed E-state index contributed by atoms with van der Waals surface area (Å²) in [5.74, 6) is 0.435. The molecule has 0 atom stereocenters. The molecule has 34 heavy (non-hydrogen) atoms. The molecule has 1 aliphatic carbocycles. The van der Waals surface area contributed by atoms with Crippen LogP contribution in [0.1, 0.15) is 48.8 Å². The Morgan fingerprint density at radius 3 is 2.41 bits per heavy atom. The smallest absolute Gasteiger partial charge is 0.228 e. The van der Waals surface area contributed by atoms with Crippen LogP contribution >= 0.6 is 0 Å². The molecule has 1 fully saturated rings. The van der Waals surface area contributed by atoms with E-state index in [4.69, 9.17) is 0 Å². The number of sulfone groups is 1. The second-order valence-corrected chi connectivity index (χ2v) is 11.0. The summed E-state index contributed by atoms with van der Waals surface area (Å²) in [5.41, 5.74) is 4.40. The van der Waals surface area contributed by atoms with Crippen molar-refractivity contribution in [3.63, 3.8) is 0 Å². The van der Waals surface area contributed by atoms with Crippen LogP contribution in [0, 0.1) is 0 Å². The van der Waals surface area contributed by atoms with E-state index >= 15 is 0 Å². The topological polar surface area (TPSA) is 101 Å². The van der Waals surface area contributed by atoms with Crippen LogP contribution < -0.4 is 10.6 Å². The van der Waals surface area contributed by atoms with Crippen LogP contribution in [0.5, 0.6) is 0 Å². The molecule has 174 valence electrons. The molecule has 8 heteroatoms. The summed E-state index contributed by atoms with van der Waals surface area (Å²) < 4.78 is 25.7. The fourth-order valence-electron chi connectivity index (χ4n) is 4.53. The molecule has 3 aromatic rings. The van der Waals surface area contributed by atoms with Crippen LogP contribution in [-0.4, -0.2) is 29.5 Å². The average Bonchev–Trinajstić information content (AvgIpc) is 3.25. The number of fused-ring (bicyclic) bond motifs is 1. The fraction of sp³-hybridized carbons (Fsp3) is 0.269. The Kier molecular flexibility index (Phi) is 6.15. The van der Waals surface area contributed by atoms with Crippen molar-refractivity contribution in [2.45, 2.75) is 48.7 Å². The van der Waals surface area contributed by atoms with E-state index in [1.54, 1.807) is 36.7 Å². The van der Waals surface area contributed by atoms with Crippen molar-refractivity contribution >= 4 is 45.2 Å². The fourth-order valence-corrected chi connectivity index (χ4v) is 6.38. The molecule has 2 heterocycles. The number of nitrogens with zero attached hydrogens (tertiary/aromatic N) is 2. The molecule has 0 bridgehead atoms. The van der Waals surface area contributed by atoms with Crippen LogP contribution in [0.4, 0.5) is 17.3 Å². The minimum absolute atomic E-state index is 0.00855. The second kappa shape index (κ2) is 9.38. The van der Waals surface area contributed by atoms with Crippen molar-refractivity contribution in [1.29, 1.82) is 0 Å². The van der Waals surface area contributed by atoms with Gasteiger partial charge in [-0.2, -0.15) is 0 Å². The number of anilines is 3. The normalized spacial score (nSPS) is 16.4. The zero-order chi connectivity index (χ0) is 23.5. The van der Waals surface area contributed by atoms with Crippen molar-refractivity contribution in [1.82, 2.24) is 9.97 Å². The number of carbonyl (C=O) groups excluding carboxylic acids is 1. The van der Waals surface area contributed by atoms with Crippen molar-refractivity contribution in [2.24, 2.45) is 0 Å². The lowest BCUT2D eigenvalue weighted by Gasteiger charge is -2.21. The first kappa shape index (κ1) is 22.3. The van der Waals surface area contributed by atoms with Gasteiger partial charge in [0.25, 0.3) is 0 Å². The van der Waals surface area contributed by atoms with Gasteiger partial charge in [0.15, 0.2) is 9.84 Å². The van der Waals surface area contributed by atoms with E-state index in [-0.39, 0.29) is 11.2 Å². The van der Waals surface area contributed by atoms with E-state index in [9.17, 15) is 13.2 Å². The highest BCUT2D eigenvalue weighted by molar-refractivity contribution is 7.92. The molecule has 5 rings (SSSR count). The predicted octanol–water partition coefficient (Wildman–Crippen LogP) is 4.99. The van der Waals surface area contributed by atoms with Gasteiger partial charge in [-0.05, 0) is 54.3 Å². The van der Waals surface area contributed by atoms with Gasteiger partial charge in [0.1, 0.15) is 0 Å². The molecule has 1 aromatic heterocycles. The Balaban J connectivity index is 1.24. The number of rotatable bonds is 6. The van der Waals surface area contributed by atoms with Crippen LogP contribution in [0.25, 0.3) is 12.2 Å². The molecular weight excluding hydrogens is 448 g/mol. The Morgan fingerprint density at radius 1 is 0.941 bits per heavy atom. The van der Waals surface area contributed by atoms with Gasteiger partial charge in [-0.1, -0.05) is 43.5 Å². The lowest BCUT2D eigenvalue weighted by molar-refractivity contribution is -0.115. The lowest BCUT2D eigenvalue weighted by atomic mass is 10.0. The highest BCUT2D eigenvalue weighted by Crippen LogP contribution is 2.30. The molecule has 1 aliphatic heterocycles. The Morgan fingerprint density at radius 2 is 1.68 bits per heavy atom. The summed E-state index contributed by atoms with van der Waals surface area (Å²) in [6, 6.07) is 12.6. The molecule has 0 unspecified atom stereocenters. The number of hydrogen-bond donors (Lipinski definition) is 2. The average molecular weight is 475 g/mol. The minimum atomic E-state index is -3.28. The molecule has 0 radical (unpaired) electrons. The third-order valence-electron chi connectivity index (χ3n) is 6.38. The highest BCUT2D eigenvalue weighted by atomic mass is 32.2. The van der Waals surface area contributed by atoms with Gasteiger partial charge in [0, 0.05) is 29.3 Å². The second-order valence-electron chi connectivity index (χ2n) is 8.73. The molecule has 7 nitrogen and oxygen atoms in total. The first-order valence-corrected chi connectivity index (χ1v) is 13.1. The summed E-state index contributed by atoms with van der Waals surface area (Å²) >= 11 is 0. The number of carbonyl (C=O) groups is 1. The third kappa shape index (κ3) is 4.72. The molecule has 2 aromatic carbocycles. The largest absolute Gasteiger partial charge is 0.326 e. The first-order valence-electron chi connectivity index (χ1n) is 11.5. The third-order valence-corrected chi connectivity index (χ3v) is 8.66. The van der Waals surface area contributed by atoms with Gasteiger partial charge in [-0.3, -0.25) is 4.79 Å². The quantitative estimate of drug-likeness (QED) is 0.522. The van der Waals surface area contributed by atoms with Crippen LogP contribution in [0.2, 0.25) is 0 Å². The Bertz CT molecular complexity index is 1330. The predicted molar refractivity (Wildman–Crippen MR) is 134 cm³/mol. The van der Waals surface area contributed by atoms with Gasteiger partial charge >= 0.3 is 0 Å². The van der Waals surface area contributed by atoms with E-state index in [1.165, 1.54) is 0 Å². The van der Waals surface area contributed by atoms with E-state index in [2.05, 4.69) is 20.6 Å². The van der Waals surface area contributed by atoms with E-state index in [0.717, 1.165) is 60.2 Å². The number of benzene rings is 2. The van der Waals surface area contributed by atoms with E-state index < -0.39 is 9.84 Å². The van der Waals surface area contributed by atoms with Gasteiger partial charge in [0.2, 0.25) is 11.9 Å². The number of amides is 1. The Labute approximate surface area is 199 Å². The molecule has 2 aliphatic rings. The number of hydrogen-bond acceptors (Lipinski definition) is 6. The molecule has 1 amide bonds. The molecule has 0 saturated heterocycles. The van der Waals surface area contributed by atoms with Crippen molar-refractivity contribution < 1.29 is 13.2 Å². The van der Waals surface area contributed by atoms with Crippen LogP contribution in [0.3, 0.4) is 0 Å². The zero-order valence-corrected chi connectivity index (χ0v) is 19.5. The van der Waals surface area contributed by atoms with Crippen molar-refractivity contribution in [2.75, 3.05) is 10.6 Å². The molecule has 0 spiro atoms. The maximum absolute atomic E-state index is 12.9. The van der Waals surface area contributed by atoms with Crippen LogP contribution in [-0.2, 0) is 21.1 Å². The first-order chi connectivity index (χ1) is 16.5. The maximum atomic E-state index is 12.9. The minimum Gasteiger partial charge on any atom is -0.326 e. The molecule has 1 saturated carbocycles. The highest BCUT2D eigenvalue weighted by Gasteiger charge is 2.28. The summed E-state index contributed by atoms with van der Waals surface area (Å²) in [6.45, 7) is 0. The molecule has 2 N–H and O–H groups in total. The standard InChI is InChI=1S/C26H26N4O3S/c31-25-15-23-19(5-4-8-24(23)30-25)10-9-18-16-27-26(28-17-18)29-20-11-13-22(14-12-20)34(32,33)21-6-2-1-3-7-21/h4-5,8-14,16-17,21H,1-3,6-7,15H2,(H,30,31)(H,27,28,29)/b10-9+. The van der Waals surface area contributed by atoms with Crippen molar-refractivity contribution in [3.8, 4) is 0 Å². The zero-order valence-electron chi connectivity index (χ0n) is 18.7. The number of aromatic nitrogens is 2. The number of nitrogens with one attached hydrogen (secondary N) is 2. The summed E-state index contributed by atoms with van der Waals surface area (Å²) in [7, 11) is -3.28. The SMILES string of the molecule is O=C1Cc2c(/C=C/c3cnc(Nc4ccc(S(=O)(=O)C5CCCCC5)cc4)nc3)cccc2N1. The summed E-state index contributed by atoms with van der Waals surface area (Å²) in [5, 5.41) is 5.70. The van der Waals surface area contributed by atoms with Crippen LogP contribution in [0.15, 0.2) is 59.8 Å². The summed E-state index contributed by atoms with van der Waals surface area (Å²) in [6.07, 6.45) is 12.3. The monoisotopic (exact) mass is 474 g/mol. The molecular formula is C26H26N4O3S. The van der Waals surface area contributed by atoms with Gasteiger partial charge in [0.05, 0.1) is 16.6 Å². The Hall–Kier alpha value is -3.52. The van der Waals surface area contributed by atoms with Gasteiger partial charge in [-0.15, -0.1) is 0 Å². The lowest BCUT2D eigenvalue weighted by Crippen LogP contribution is -2.24.